The van der Waals surface area contributed by atoms with Gasteiger partial charge >= 0.3 is 0 Å². The summed E-state index contributed by atoms with van der Waals surface area (Å²) in [5.74, 6) is -0.417. The molecule has 0 unspecified atom stereocenters. The molecule has 5 heteroatoms. The van der Waals surface area contributed by atoms with Crippen LogP contribution in [0.3, 0.4) is 0 Å². The van der Waals surface area contributed by atoms with Crippen molar-refractivity contribution in [1.29, 1.82) is 0 Å². The highest BCUT2D eigenvalue weighted by molar-refractivity contribution is 5.91. The third-order valence-corrected chi connectivity index (χ3v) is 3.61. The van der Waals surface area contributed by atoms with Crippen LogP contribution in [-0.4, -0.2) is 27.3 Å². The van der Waals surface area contributed by atoms with E-state index in [0.29, 0.717) is 18.8 Å². The highest BCUT2D eigenvalue weighted by Gasteiger charge is 2.17. The number of aryl methyl sites for hydroxylation is 1. The lowest BCUT2D eigenvalue weighted by molar-refractivity contribution is 0.0733. The van der Waals surface area contributed by atoms with Gasteiger partial charge in [0.2, 0.25) is 0 Å². The Morgan fingerprint density at radius 2 is 1.87 bits per heavy atom. The second kappa shape index (κ2) is 8.36. The van der Waals surface area contributed by atoms with E-state index in [1.54, 1.807) is 23.2 Å². The molecule has 0 fully saturated rings. The van der Waals surface area contributed by atoms with Crippen molar-refractivity contribution in [2.45, 2.75) is 39.7 Å². The monoisotopic (exact) mass is 315 g/mol. The van der Waals surface area contributed by atoms with E-state index in [1.807, 2.05) is 6.92 Å². The molecule has 1 aromatic heterocycles. The lowest BCUT2D eigenvalue weighted by Gasteiger charge is -2.22. The molecule has 1 amide bonds. The number of carbonyl (C=O) groups excluding carboxylic acids is 1. The Labute approximate surface area is 136 Å². The van der Waals surface area contributed by atoms with E-state index in [2.05, 4.69) is 16.9 Å². The summed E-state index contributed by atoms with van der Waals surface area (Å²) in [6.07, 6.45) is 6.18. The molecule has 0 N–H and O–H groups in total. The zero-order valence-electron chi connectivity index (χ0n) is 13.6. The van der Waals surface area contributed by atoms with Crippen LogP contribution in [-0.2, 0) is 6.54 Å². The molecule has 23 heavy (non-hydrogen) atoms. The zero-order chi connectivity index (χ0) is 16.7. The fraction of sp³-hybridized carbons (Fsp3) is 0.389. The summed E-state index contributed by atoms with van der Waals surface area (Å²) in [6.45, 7) is 5.05. The van der Waals surface area contributed by atoms with Crippen molar-refractivity contribution in [1.82, 2.24) is 14.9 Å². The van der Waals surface area contributed by atoms with Crippen molar-refractivity contribution >= 4 is 5.91 Å². The Bertz CT molecular complexity index is 626. The number of carbonyl (C=O) groups is 1. The van der Waals surface area contributed by atoms with Gasteiger partial charge in [0.1, 0.15) is 11.5 Å². The van der Waals surface area contributed by atoms with Crippen LogP contribution in [0.15, 0.2) is 36.7 Å². The molecule has 0 radical (unpaired) electrons. The van der Waals surface area contributed by atoms with Crippen molar-refractivity contribution in [3.63, 3.8) is 0 Å². The number of aromatic nitrogens is 2. The third-order valence-electron chi connectivity index (χ3n) is 3.61. The average molecular weight is 315 g/mol. The molecular weight excluding hydrogens is 293 g/mol. The van der Waals surface area contributed by atoms with E-state index >= 15 is 0 Å². The minimum Gasteiger partial charge on any atom is -0.333 e. The first kappa shape index (κ1) is 17.1. The normalized spacial score (nSPS) is 10.6. The molecule has 0 spiro atoms. The second-order valence-electron chi connectivity index (χ2n) is 5.60. The van der Waals surface area contributed by atoms with E-state index in [0.717, 1.165) is 30.5 Å². The predicted octanol–water partition coefficient (Wildman–Crippen LogP) is 3.76. The molecule has 1 heterocycles. The topological polar surface area (TPSA) is 46.1 Å². The number of unbranched alkanes of at least 4 members (excludes halogenated alkanes) is 2. The first-order valence-corrected chi connectivity index (χ1v) is 7.92. The lowest BCUT2D eigenvalue weighted by Crippen LogP contribution is -2.32. The highest BCUT2D eigenvalue weighted by atomic mass is 19.1. The van der Waals surface area contributed by atoms with Crippen molar-refractivity contribution in [2.24, 2.45) is 0 Å². The van der Waals surface area contributed by atoms with Gasteiger partial charge < -0.3 is 4.90 Å². The first-order chi connectivity index (χ1) is 11.1. The maximum absolute atomic E-state index is 13.0. The van der Waals surface area contributed by atoms with Crippen LogP contribution >= 0.6 is 0 Å². The first-order valence-electron chi connectivity index (χ1n) is 7.92. The fourth-order valence-electron chi connectivity index (χ4n) is 2.28. The van der Waals surface area contributed by atoms with Crippen LogP contribution in [0.25, 0.3) is 0 Å². The Hall–Kier alpha value is -2.30. The van der Waals surface area contributed by atoms with E-state index in [4.69, 9.17) is 0 Å². The Morgan fingerprint density at radius 3 is 2.48 bits per heavy atom. The van der Waals surface area contributed by atoms with Gasteiger partial charge in [-0.1, -0.05) is 31.9 Å². The summed E-state index contributed by atoms with van der Waals surface area (Å²) in [6, 6.07) is 6.23. The standard InChI is InChI=1S/C18H22FN3O/c1-3-4-5-10-22(13-15-6-8-16(19)9-7-15)18(23)17-12-20-14(2)11-21-17/h6-9,11-12H,3-5,10,13H2,1-2H3. The van der Waals surface area contributed by atoms with Crippen LogP contribution < -0.4 is 0 Å². The zero-order valence-corrected chi connectivity index (χ0v) is 13.6. The van der Waals surface area contributed by atoms with E-state index in [1.165, 1.54) is 18.3 Å². The summed E-state index contributed by atoms with van der Waals surface area (Å²) < 4.78 is 13.0. The smallest absolute Gasteiger partial charge is 0.274 e. The molecule has 0 aliphatic carbocycles. The van der Waals surface area contributed by atoms with Gasteiger partial charge in [-0.05, 0) is 31.0 Å². The van der Waals surface area contributed by atoms with Gasteiger partial charge in [-0.15, -0.1) is 0 Å². The summed E-state index contributed by atoms with van der Waals surface area (Å²) >= 11 is 0. The number of nitrogens with zero attached hydrogens (tertiary/aromatic N) is 3. The summed E-state index contributed by atoms with van der Waals surface area (Å²) in [7, 11) is 0. The quantitative estimate of drug-likeness (QED) is 0.731. The highest BCUT2D eigenvalue weighted by Crippen LogP contribution is 2.11. The van der Waals surface area contributed by atoms with Crippen LogP contribution in [0.1, 0.15) is 47.9 Å². The molecule has 0 saturated heterocycles. The van der Waals surface area contributed by atoms with Gasteiger partial charge in [0.05, 0.1) is 11.9 Å². The summed E-state index contributed by atoms with van der Waals surface area (Å²) in [5, 5.41) is 0. The van der Waals surface area contributed by atoms with Crippen LogP contribution in [0.4, 0.5) is 4.39 Å². The Balaban J connectivity index is 2.13. The molecule has 122 valence electrons. The minimum absolute atomic E-state index is 0.141. The summed E-state index contributed by atoms with van der Waals surface area (Å²) in [4.78, 5) is 22.7. The summed E-state index contributed by atoms with van der Waals surface area (Å²) in [5.41, 5.74) is 2.02. The largest absolute Gasteiger partial charge is 0.333 e. The number of benzene rings is 1. The van der Waals surface area contributed by atoms with Gasteiger partial charge in [0, 0.05) is 19.3 Å². The molecule has 4 nitrogen and oxygen atoms in total. The third kappa shape index (κ3) is 5.13. The molecule has 2 rings (SSSR count). The SMILES string of the molecule is CCCCCN(Cc1ccc(F)cc1)C(=O)c1cnc(C)cn1. The molecule has 0 atom stereocenters. The van der Waals surface area contributed by atoms with Gasteiger partial charge in [0.15, 0.2) is 0 Å². The Morgan fingerprint density at radius 1 is 1.13 bits per heavy atom. The maximum Gasteiger partial charge on any atom is 0.274 e. The van der Waals surface area contributed by atoms with Crippen molar-refractivity contribution in [3.8, 4) is 0 Å². The van der Waals surface area contributed by atoms with E-state index < -0.39 is 0 Å². The average Bonchev–Trinajstić information content (AvgIpc) is 2.56. The predicted molar refractivity (Wildman–Crippen MR) is 87.4 cm³/mol. The van der Waals surface area contributed by atoms with Crippen molar-refractivity contribution in [3.05, 3.63) is 59.4 Å². The van der Waals surface area contributed by atoms with E-state index in [-0.39, 0.29) is 11.7 Å². The molecule has 0 saturated carbocycles. The van der Waals surface area contributed by atoms with Gasteiger partial charge in [-0.25, -0.2) is 9.37 Å². The number of halogens is 1. The molecule has 2 aromatic rings. The van der Waals surface area contributed by atoms with Crippen molar-refractivity contribution in [2.75, 3.05) is 6.54 Å². The maximum atomic E-state index is 13.0. The van der Waals surface area contributed by atoms with Crippen LogP contribution in [0, 0.1) is 12.7 Å². The molecule has 0 aliphatic heterocycles. The fourth-order valence-corrected chi connectivity index (χ4v) is 2.28. The van der Waals surface area contributed by atoms with Gasteiger partial charge in [-0.3, -0.25) is 9.78 Å². The molecule has 0 aliphatic rings. The van der Waals surface area contributed by atoms with Crippen LogP contribution in [0.5, 0.6) is 0 Å². The molecule has 1 aromatic carbocycles. The second-order valence-corrected chi connectivity index (χ2v) is 5.60. The number of rotatable bonds is 7. The number of hydrogen-bond donors (Lipinski definition) is 0. The lowest BCUT2D eigenvalue weighted by atomic mass is 10.1. The van der Waals surface area contributed by atoms with Gasteiger partial charge in [-0.2, -0.15) is 0 Å². The number of amides is 1. The Kier molecular flexibility index (Phi) is 6.20. The van der Waals surface area contributed by atoms with Gasteiger partial charge in [0.25, 0.3) is 5.91 Å². The van der Waals surface area contributed by atoms with Crippen molar-refractivity contribution < 1.29 is 9.18 Å². The minimum atomic E-state index is -0.276. The molecular formula is C18H22FN3O. The molecule has 0 bridgehead atoms. The van der Waals surface area contributed by atoms with Crippen LogP contribution in [0.2, 0.25) is 0 Å². The van der Waals surface area contributed by atoms with E-state index in [9.17, 15) is 9.18 Å². The number of hydrogen-bond acceptors (Lipinski definition) is 3.